The second kappa shape index (κ2) is 3.86. The summed E-state index contributed by atoms with van der Waals surface area (Å²) in [7, 11) is 0. The van der Waals surface area contributed by atoms with Crippen molar-refractivity contribution < 1.29 is 8.78 Å². The standard InChI is InChI=1S/C5H9F2N.C2H6/c1-4-2-5(6,7)8-3-4;1-2/h4,8H,2-3H2,1H3;1-2H3. The van der Waals surface area contributed by atoms with Crippen LogP contribution in [0.3, 0.4) is 0 Å². The van der Waals surface area contributed by atoms with E-state index in [4.69, 9.17) is 0 Å². The molecule has 1 aliphatic heterocycles. The van der Waals surface area contributed by atoms with Gasteiger partial charge in [0.05, 0.1) is 0 Å². The van der Waals surface area contributed by atoms with E-state index < -0.39 is 6.05 Å². The fraction of sp³-hybridized carbons (Fsp3) is 1.00. The maximum absolute atomic E-state index is 12.1. The molecular formula is C7H15F2N. The van der Waals surface area contributed by atoms with Gasteiger partial charge in [-0.2, -0.15) is 8.78 Å². The Balaban J connectivity index is 0.000000371. The molecule has 0 aromatic rings. The molecule has 0 bridgehead atoms. The van der Waals surface area contributed by atoms with Gasteiger partial charge in [0.15, 0.2) is 0 Å². The third-order valence-electron chi connectivity index (χ3n) is 1.31. The third-order valence-corrected chi connectivity index (χ3v) is 1.31. The lowest BCUT2D eigenvalue weighted by atomic mass is 10.1. The first-order valence-electron chi connectivity index (χ1n) is 3.73. The van der Waals surface area contributed by atoms with Crippen molar-refractivity contribution in [2.45, 2.75) is 33.2 Å². The van der Waals surface area contributed by atoms with Gasteiger partial charge in [-0.1, -0.05) is 20.8 Å². The summed E-state index contributed by atoms with van der Waals surface area (Å²) in [5, 5.41) is 2.11. The van der Waals surface area contributed by atoms with Gasteiger partial charge < -0.3 is 0 Å². The fourth-order valence-corrected chi connectivity index (χ4v) is 0.906. The van der Waals surface area contributed by atoms with Gasteiger partial charge in [-0.25, -0.2) is 0 Å². The van der Waals surface area contributed by atoms with E-state index in [0.29, 0.717) is 6.54 Å². The first-order valence-corrected chi connectivity index (χ1v) is 3.73. The Morgan fingerprint density at radius 1 is 1.40 bits per heavy atom. The highest BCUT2D eigenvalue weighted by Gasteiger charge is 2.36. The molecule has 3 heteroatoms. The molecule has 0 aromatic carbocycles. The third kappa shape index (κ3) is 3.11. The molecule has 1 rings (SSSR count). The molecule has 1 unspecified atom stereocenters. The molecule has 0 amide bonds. The molecule has 0 radical (unpaired) electrons. The quantitative estimate of drug-likeness (QED) is 0.523. The van der Waals surface area contributed by atoms with E-state index in [1.165, 1.54) is 0 Å². The summed E-state index contributed by atoms with van der Waals surface area (Å²) in [5.74, 6) is 0.130. The van der Waals surface area contributed by atoms with Crippen LogP contribution in [0.15, 0.2) is 0 Å². The van der Waals surface area contributed by atoms with Gasteiger partial charge in [0, 0.05) is 13.0 Å². The minimum absolute atomic E-state index is 0.00694. The summed E-state index contributed by atoms with van der Waals surface area (Å²) in [6, 6.07) is -2.58. The van der Waals surface area contributed by atoms with E-state index >= 15 is 0 Å². The average Bonchev–Trinajstić information content (AvgIpc) is 2.15. The molecule has 1 fully saturated rings. The maximum Gasteiger partial charge on any atom is 0.302 e. The van der Waals surface area contributed by atoms with Gasteiger partial charge in [-0.15, -0.1) is 0 Å². The Bertz CT molecular complexity index is 93.6. The summed E-state index contributed by atoms with van der Waals surface area (Å²) in [6.45, 7) is 6.26. The first-order chi connectivity index (χ1) is 4.60. The SMILES string of the molecule is CC.CC1CNC(F)(F)C1. The van der Waals surface area contributed by atoms with Gasteiger partial charge in [0.1, 0.15) is 0 Å². The van der Waals surface area contributed by atoms with Crippen LogP contribution in [0.25, 0.3) is 0 Å². The van der Waals surface area contributed by atoms with E-state index in [0.717, 1.165) is 0 Å². The van der Waals surface area contributed by atoms with Crippen LogP contribution in [0.1, 0.15) is 27.2 Å². The lowest BCUT2D eigenvalue weighted by Crippen LogP contribution is -2.28. The van der Waals surface area contributed by atoms with Crippen molar-refractivity contribution in [1.29, 1.82) is 0 Å². The number of nitrogens with one attached hydrogen (secondary N) is 1. The van der Waals surface area contributed by atoms with Crippen LogP contribution in [0.4, 0.5) is 8.78 Å². The minimum atomic E-state index is -2.58. The van der Waals surface area contributed by atoms with Crippen molar-refractivity contribution in [2.24, 2.45) is 5.92 Å². The lowest BCUT2D eigenvalue weighted by Gasteiger charge is -2.05. The molecule has 1 heterocycles. The zero-order chi connectivity index (χ0) is 8.20. The molecule has 1 nitrogen and oxygen atoms in total. The molecular weight excluding hydrogens is 136 g/mol. The fourth-order valence-electron chi connectivity index (χ4n) is 0.906. The predicted molar refractivity (Wildman–Crippen MR) is 38.1 cm³/mol. The molecule has 62 valence electrons. The van der Waals surface area contributed by atoms with E-state index in [2.05, 4.69) is 5.32 Å². The van der Waals surface area contributed by atoms with Crippen LogP contribution in [-0.2, 0) is 0 Å². The Labute approximate surface area is 60.8 Å². The molecule has 1 saturated heterocycles. The van der Waals surface area contributed by atoms with E-state index in [1.807, 2.05) is 20.8 Å². The molecule has 10 heavy (non-hydrogen) atoms. The predicted octanol–water partition coefficient (Wildman–Crippen LogP) is 2.23. The Hall–Kier alpha value is -0.180. The second-order valence-corrected chi connectivity index (χ2v) is 2.39. The number of rotatable bonds is 0. The Kier molecular flexibility index (Phi) is 3.79. The van der Waals surface area contributed by atoms with E-state index in [-0.39, 0.29) is 12.3 Å². The smallest absolute Gasteiger partial charge is 0.258 e. The van der Waals surface area contributed by atoms with Gasteiger partial charge in [-0.3, -0.25) is 5.32 Å². The van der Waals surface area contributed by atoms with Crippen LogP contribution in [-0.4, -0.2) is 12.6 Å². The number of halogens is 2. The summed E-state index contributed by atoms with van der Waals surface area (Å²) in [5.41, 5.74) is 0. The van der Waals surface area contributed by atoms with Crippen LogP contribution < -0.4 is 5.32 Å². The first kappa shape index (κ1) is 9.82. The van der Waals surface area contributed by atoms with Crippen LogP contribution in [0.5, 0.6) is 0 Å². The van der Waals surface area contributed by atoms with Crippen molar-refractivity contribution in [1.82, 2.24) is 5.32 Å². The van der Waals surface area contributed by atoms with Gasteiger partial charge in [0.25, 0.3) is 0 Å². The summed E-state index contributed by atoms with van der Waals surface area (Å²) < 4.78 is 24.2. The van der Waals surface area contributed by atoms with Crippen molar-refractivity contribution in [3.8, 4) is 0 Å². The van der Waals surface area contributed by atoms with Crippen molar-refractivity contribution in [3.63, 3.8) is 0 Å². The molecule has 0 spiro atoms. The highest BCUT2D eigenvalue weighted by atomic mass is 19.3. The number of alkyl halides is 2. The topological polar surface area (TPSA) is 12.0 Å². The molecule has 1 aliphatic rings. The van der Waals surface area contributed by atoms with Crippen LogP contribution >= 0.6 is 0 Å². The lowest BCUT2D eigenvalue weighted by molar-refractivity contribution is -0.0173. The van der Waals surface area contributed by atoms with Crippen molar-refractivity contribution in [3.05, 3.63) is 0 Å². The van der Waals surface area contributed by atoms with Gasteiger partial charge in [0.2, 0.25) is 0 Å². The van der Waals surface area contributed by atoms with Gasteiger partial charge >= 0.3 is 6.05 Å². The second-order valence-electron chi connectivity index (χ2n) is 2.39. The van der Waals surface area contributed by atoms with Crippen molar-refractivity contribution >= 4 is 0 Å². The highest BCUT2D eigenvalue weighted by Crippen LogP contribution is 2.25. The number of hydrogen-bond donors (Lipinski definition) is 1. The molecule has 1 N–H and O–H groups in total. The molecule has 0 aromatic heterocycles. The minimum Gasteiger partial charge on any atom is -0.258 e. The Morgan fingerprint density at radius 2 is 1.90 bits per heavy atom. The molecule has 0 saturated carbocycles. The zero-order valence-corrected chi connectivity index (χ0v) is 6.75. The normalized spacial score (nSPS) is 29.1. The number of hydrogen-bond acceptors (Lipinski definition) is 1. The molecule has 0 aliphatic carbocycles. The maximum atomic E-state index is 12.1. The van der Waals surface area contributed by atoms with E-state index in [1.54, 1.807) is 0 Å². The largest absolute Gasteiger partial charge is 0.302 e. The highest BCUT2D eigenvalue weighted by molar-refractivity contribution is 4.76. The van der Waals surface area contributed by atoms with Crippen LogP contribution in [0.2, 0.25) is 0 Å². The Morgan fingerprint density at radius 3 is 2.00 bits per heavy atom. The molecule has 1 atom stereocenters. The average molecular weight is 151 g/mol. The van der Waals surface area contributed by atoms with Crippen molar-refractivity contribution in [2.75, 3.05) is 6.54 Å². The monoisotopic (exact) mass is 151 g/mol. The summed E-state index contributed by atoms with van der Waals surface area (Å²) in [6.07, 6.45) is -0.00694. The summed E-state index contributed by atoms with van der Waals surface area (Å²) in [4.78, 5) is 0. The zero-order valence-electron chi connectivity index (χ0n) is 6.75. The van der Waals surface area contributed by atoms with Gasteiger partial charge in [-0.05, 0) is 5.92 Å². The summed E-state index contributed by atoms with van der Waals surface area (Å²) >= 11 is 0. The van der Waals surface area contributed by atoms with Crippen LogP contribution in [0, 0.1) is 5.92 Å². The van der Waals surface area contributed by atoms with E-state index in [9.17, 15) is 8.78 Å².